The molecule has 0 spiro atoms. The van der Waals surface area contributed by atoms with Gasteiger partial charge in [-0.3, -0.25) is 0 Å². The first kappa shape index (κ1) is 15.7. The molecule has 0 aliphatic rings. The summed E-state index contributed by atoms with van der Waals surface area (Å²) in [7, 11) is 0. The molecule has 1 aromatic carbocycles. The zero-order valence-corrected chi connectivity index (χ0v) is 12.3. The summed E-state index contributed by atoms with van der Waals surface area (Å²) in [5.41, 5.74) is -0.445. The maximum atomic E-state index is 13.0. The number of nitrogens with zero attached hydrogens (tertiary/aromatic N) is 2. The van der Waals surface area contributed by atoms with E-state index in [0.717, 1.165) is 10.9 Å². The topological polar surface area (TPSA) is 81.4 Å². The van der Waals surface area contributed by atoms with Crippen LogP contribution in [0.4, 0.5) is 9.18 Å². The van der Waals surface area contributed by atoms with Crippen LogP contribution < -0.4 is 0 Å². The lowest BCUT2D eigenvalue weighted by atomic mass is 10.1. The number of aromatic nitrogens is 2. The third-order valence-corrected chi connectivity index (χ3v) is 2.64. The highest BCUT2D eigenvalue weighted by atomic mass is 19.1. The molecular formula is C15H15FN2O4. The Morgan fingerprint density at radius 1 is 1.23 bits per heavy atom. The van der Waals surface area contributed by atoms with E-state index in [0.29, 0.717) is 5.56 Å². The first-order valence-corrected chi connectivity index (χ1v) is 6.49. The van der Waals surface area contributed by atoms with E-state index >= 15 is 0 Å². The molecule has 0 amide bonds. The van der Waals surface area contributed by atoms with E-state index in [2.05, 4.69) is 5.10 Å². The monoisotopic (exact) mass is 306 g/mol. The summed E-state index contributed by atoms with van der Waals surface area (Å²) in [4.78, 5) is 23.3. The average molecular weight is 306 g/mol. The van der Waals surface area contributed by atoms with Crippen LogP contribution in [0.5, 0.6) is 0 Å². The fourth-order valence-corrected chi connectivity index (χ4v) is 1.75. The van der Waals surface area contributed by atoms with Gasteiger partial charge in [0.15, 0.2) is 0 Å². The number of rotatable bonds is 2. The number of ether oxygens (including phenoxy) is 1. The smallest absolute Gasteiger partial charge is 0.435 e. The molecule has 0 saturated carbocycles. The lowest BCUT2D eigenvalue weighted by Crippen LogP contribution is -2.27. The first-order valence-electron chi connectivity index (χ1n) is 6.49. The number of hydrogen-bond donors (Lipinski definition) is 1. The van der Waals surface area contributed by atoms with Crippen molar-refractivity contribution in [3.63, 3.8) is 0 Å². The third kappa shape index (κ3) is 3.49. The molecule has 1 heterocycles. The molecule has 0 radical (unpaired) electrons. The van der Waals surface area contributed by atoms with Crippen molar-refractivity contribution in [1.82, 2.24) is 9.78 Å². The summed E-state index contributed by atoms with van der Waals surface area (Å²) in [5.74, 6) is -1.69. The van der Waals surface area contributed by atoms with Gasteiger partial charge in [-0.1, -0.05) is 0 Å². The highest BCUT2D eigenvalue weighted by Crippen LogP contribution is 2.23. The minimum absolute atomic E-state index is 0.0679. The van der Waals surface area contributed by atoms with Crippen molar-refractivity contribution in [2.24, 2.45) is 0 Å². The van der Waals surface area contributed by atoms with Crippen LogP contribution >= 0.6 is 0 Å². The molecule has 1 aromatic heterocycles. The van der Waals surface area contributed by atoms with Crippen molar-refractivity contribution in [2.45, 2.75) is 26.4 Å². The number of aromatic carboxylic acids is 1. The van der Waals surface area contributed by atoms with Crippen LogP contribution in [0, 0.1) is 5.82 Å². The second kappa shape index (κ2) is 5.59. The van der Waals surface area contributed by atoms with Gasteiger partial charge in [0.25, 0.3) is 0 Å². The van der Waals surface area contributed by atoms with Gasteiger partial charge in [0, 0.05) is 5.56 Å². The Hall–Kier alpha value is -2.70. The highest BCUT2D eigenvalue weighted by molar-refractivity contribution is 5.95. The maximum absolute atomic E-state index is 13.0. The molecule has 1 N–H and O–H groups in total. The number of hydrogen-bond acceptors (Lipinski definition) is 4. The molecular weight excluding hydrogens is 291 g/mol. The average Bonchev–Trinajstić information content (AvgIpc) is 2.83. The number of carbonyl (C=O) groups excluding carboxylic acids is 1. The SMILES string of the molecule is CC(C)(C)OC(=O)n1cc(C(=O)O)c(-c2ccc(F)cc2)n1. The van der Waals surface area contributed by atoms with Gasteiger partial charge in [0.2, 0.25) is 0 Å². The summed E-state index contributed by atoms with van der Waals surface area (Å²) in [6.45, 7) is 5.06. The van der Waals surface area contributed by atoms with Gasteiger partial charge in [0.1, 0.15) is 22.7 Å². The quantitative estimate of drug-likeness (QED) is 0.921. The van der Waals surface area contributed by atoms with Crippen molar-refractivity contribution in [2.75, 3.05) is 0 Å². The van der Waals surface area contributed by atoms with Crippen LogP contribution in [-0.2, 0) is 4.74 Å². The first-order chi connectivity index (χ1) is 10.2. The van der Waals surface area contributed by atoms with Crippen LogP contribution in [0.15, 0.2) is 30.5 Å². The molecule has 0 atom stereocenters. The van der Waals surface area contributed by atoms with Crippen LogP contribution in [0.25, 0.3) is 11.3 Å². The largest absolute Gasteiger partial charge is 0.478 e. The summed E-state index contributed by atoms with van der Waals surface area (Å²) < 4.78 is 18.9. The van der Waals surface area contributed by atoms with Crippen molar-refractivity contribution < 1.29 is 23.8 Å². The van der Waals surface area contributed by atoms with Gasteiger partial charge in [0.05, 0.1) is 6.20 Å². The number of halogens is 1. The molecule has 0 aliphatic carbocycles. The molecule has 116 valence electrons. The van der Waals surface area contributed by atoms with E-state index in [1.54, 1.807) is 20.8 Å². The van der Waals surface area contributed by atoms with Crippen molar-refractivity contribution in [3.8, 4) is 11.3 Å². The predicted octanol–water partition coefficient (Wildman–Crippen LogP) is 3.17. The fourth-order valence-electron chi connectivity index (χ4n) is 1.75. The van der Waals surface area contributed by atoms with E-state index in [-0.39, 0.29) is 11.3 Å². The Morgan fingerprint density at radius 3 is 2.32 bits per heavy atom. The summed E-state index contributed by atoms with van der Waals surface area (Å²) >= 11 is 0. The molecule has 0 saturated heterocycles. The van der Waals surface area contributed by atoms with Gasteiger partial charge in [-0.15, -0.1) is 0 Å². The van der Waals surface area contributed by atoms with Crippen LogP contribution in [0.1, 0.15) is 31.1 Å². The lowest BCUT2D eigenvalue weighted by molar-refractivity contribution is 0.0515. The molecule has 0 fully saturated rings. The molecule has 2 aromatic rings. The van der Waals surface area contributed by atoms with Crippen molar-refractivity contribution in [1.29, 1.82) is 0 Å². The molecule has 0 unspecified atom stereocenters. The second-order valence-electron chi connectivity index (χ2n) is 5.63. The van der Waals surface area contributed by atoms with E-state index in [1.807, 2.05) is 0 Å². The van der Waals surface area contributed by atoms with Crippen molar-refractivity contribution >= 4 is 12.1 Å². The zero-order chi connectivity index (χ0) is 16.5. The van der Waals surface area contributed by atoms with E-state index < -0.39 is 23.5 Å². The van der Waals surface area contributed by atoms with Crippen LogP contribution in [-0.4, -0.2) is 32.6 Å². The Morgan fingerprint density at radius 2 is 1.82 bits per heavy atom. The van der Waals surface area contributed by atoms with Gasteiger partial charge < -0.3 is 9.84 Å². The summed E-state index contributed by atoms with van der Waals surface area (Å²) in [6.07, 6.45) is 0.290. The Kier molecular flexibility index (Phi) is 3.99. The zero-order valence-electron chi connectivity index (χ0n) is 12.3. The van der Waals surface area contributed by atoms with Gasteiger partial charge in [-0.25, -0.2) is 14.0 Å². The summed E-state index contributed by atoms with van der Waals surface area (Å²) in [6, 6.07) is 5.16. The van der Waals surface area contributed by atoms with E-state index in [9.17, 15) is 19.1 Å². The number of carbonyl (C=O) groups is 2. The number of benzene rings is 1. The van der Waals surface area contributed by atoms with Crippen LogP contribution in [0.2, 0.25) is 0 Å². The molecule has 0 bridgehead atoms. The number of carboxylic acids is 1. The Bertz CT molecular complexity index is 714. The molecule has 6 nitrogen and oxygen atoms in total. The van der Waals surface area contributed by atoms with Gasteiger partial charge in [-0.2, -0.15) is 9.78 Å². The normalized spacial score (nSPS) is 11.3. The fraction of sp³-hybridized carbons (Fsp3) is 0.267. The second-order valence-corrected chi connectivity index (χ2v) is 5.63. The van der Waals surface area contributed by atoms with Gasteiger partial charge in [-0.05, 0) is 45.0 Å². The van der Waals surface area contributed by atoms with E-state index in [1.165, 1.54) is 24.3 Å². The third-order valence-electron chi connectivity index (χ3n) is 2.64. The molecule has 22 heavy (non-hydrogen) atoms. The van der Waals surface area contributed by atoms with Gasteiger partial charge >= 0.3 is 12.1 Å². The molecule has 2 rings (SSSR count). The Labute approximate surface area is 126 Å². The summed E-state index contributed by atoms with van der Waals surface area (Å²) in [5, 5.41) is 13.2. The molecule has 0 aliphatic heterocycles. The minimum atomic E-state index is -1.24. The van der Waals surface area contributed by atoms with E-state index in [4.69, 9.17) is 4.74 Å². The maximum Gasteiger partial charge on any atom is 0.435 e. The predicted molar refractivity (Wildman–Crippen MR) is 76.2 cm³/mol. The standard InChI is InChI=1S/C15H15FN2O4/c1-15(2,3)22-14(21)18-8-11(13(19)20)12(17-18)9-4-6-10(16)7-5-9/h4-8H,1-3H3,(H,19,20). The lowest BCUT2D eigenvalue weighted by Gasteiger charge is -2.18. The minimum Gasteiger partial charge on any atom is -0.478 e. The highest BCUT2D eigenvalue weighted by Gasteiger charge is 2.23. The van der Waals surface area contributed by atoms with Crippen molar-refractivity contribution in [3.05, 3.63) is 41.8 Å². The Balaban J connectivity index is 2.44. The van der Waals surface area contributed by atoms with Crippen LogP contribution in [0.3, 0.4) is 0 Å². The molecule has 7 heteroatoms. The number of carboxylic acid groups (broad SMARTS) is 1.